The monoisotopic (exact) mass is 160 g/mol. The lowest BCUT2D eigenvalue weighted by Gasteiger charge is -2.22. The van der Waals surface area contributed by atoms with Gasteiger partial charge in [0.15, 0.2) is 0 Å². The topological polar surface area (TPSA) is 43.4 Å². The zero-order valence-corrected chi connectivity index (χ0v) is 6.47. The lowest BCUT2D eigenvalue weighted by atomic mass is 10.6. The number of nitrogens with zero attached hydrogens (tertiary/aromatic N) is 1. The first-order chi connectivity index (χ1) is 4.79. The van der Waals surface area contributed by atoms with E-state index >= 15 is 0 Å². The van der Waals surface area contributed by atoms with E-state index in [9.17, 15) is 8.76 Å². The molecule has 2 saturated carbocycles. The predicted molar refractivity (Wildman–Crippen MR) is 36.8 cm³/mol. The summed E-state index contributed by atoms with van der Waals surface area (Å²) in [5.41, 5.74) is 0. The lowest BCUT2D eigenvalue weighted by Crippen LogP contribution is -2.30. The van der Waals surface area contributed by atoms with E-state index in [4.69, 9.17) is 0 Å². The third-order valence-electron chi connectivity index (χ3n) is 1.99. The molecule has 0 N–H and O–H groups in total. The summed E-state index contributed by atoms with van der Waals surface area (Å²) in [6.07, 6.45) is 4.30. The Bertz CT molecular complexity index is 153. The van der Waals surface area contributed by atoms with Crippen LogP contribution in [0.4, 0.5) is 0 Å². The van der Waals surface area contributed by atoms with Crippen LogP contribution in [0.1, 0.15) is 25.7 Å². The normalized spacial score (nSPS) is 29.0. The van der Waals surface area contributed by atoms with Crippen LogP contribution in [-0.4, -0.2) is 25.2 Å². The minimum absolute atomic E-state index is 0.367. The van der Waals surface area contributed by atoms with Gasteiger partial charge in [-0.05, 0) is 25.7 Å². The molecule has 2 rings (SSSR count). The Labute approximate surface area is 62.8 Å². The van der Waals surface area contributed by atoms with Crippen molar-refractivity contribution in [2.75, 3.05) is 0 Å². The van der Waals surface area contributed by atoms with E-state index in [0.29, 0.717) is 12.1 Å². The van der Waals surface area contributed by atoms with Crippen molar-refractivity contribution in [3.05, 3.63) is 0 Å². The van der Waals surface area contributed by atoms with E-state index in [1.807, 2.05) is 0 Å². The molecule has 0 radical (unpaired) electrons. The van der Waals surface area contributed by atoms with Gasteiger partial charge in [-0.1, -0.05) is 0 Å². The van der Waals surface area contributed by atoms with E-state index in [0.717, 1.165) is 25.7 Å². The van der Waals surface area contributed by atoms with Gasteiger partial charge in [0.1, 0.15) is 0 Å². The van der Waals surface area contributed by atoms with Crippen LogP contribution in [0.25, 0.3) is 0 Å². The molecule has 0 aromatic carbocycles. The van der Waals surface area contributed by atoms with Crippen molar-refractivity contribution in [3.63, 3.8) is 0 Å². The predicted octanol–water partition coefficient (Wildman–Crippen LogP) is 0.407. The average Bonchev–Trinajstić information content (AvgIpc) is 2.49. The van der Waals surface area contributed by atoms with Crippen molar-refractivity contribution >= 4 is 11.3 Å². The van der Waals surface area contributed by atoms with Gasteiger partial charge in [-0.15, -0.1) is 0 Å². The van der Waals surface area contributed by atoms with Crippen molar-refractivity contribution in [2.45, 2.75) is 37.8 Å². The molecule has 10 heavy (non-hydrogen) atoms. The first-order valence-electron chi connectivity index (χ1n) is 3.67. The Kier molecular flexibility index (Phi) is 1.55. The van der Waals surface area contributed by atoms with Gasteiger partial charge >= 0.3 is 0 Å². The summed E-state index contributed by atoms with van der Waals surface area (Å²) >= 11 is -1.96. The highest BCUT2D eigenvalue weighted by molar-refractivity contribution is 7.76. The van der Waals surface area contributed by atoms with Gasteiger partial charge in [-0.25, -0.2) is 4.31 Å². The molecule has 0 amide bonds. The summed E-state index contributed by atoms with van der Waals surface area (Å²) < 4.78 is 22.8. The summed E-state index contributed by atoms with van der Waals surface area (Å²) in [5, 5.41) is 0. The molecular formula is C6H10NO2S-. The van der Waals surface area contributed by atoms with Gasteiger partial charge in [0.05, 0.1) is 0 Å². The Morgan fingerprint density at radius 1 is 1.20 bits per heavy atom. The zero-order chi connectivity index (χ0) is 7.14. The standard InChI is InChI=1S/C6H11NO2S/c8-10(9)7(5-1-2-5)6-3-4-6/h5-6H,1-4H2,(H,8,9)/p-1. The smallest absolute Gasteiger partial charge is 0.0219 e. The maximum atomic E-state index is 10.6. The van der Waals surface area contributed by atoms with E-state index in [-0.39, 0.29) is 0 Å². The van der Waals surface area contributed by atoms with Crippen molar-refractivity contribution in [2.24, 2.45) is 0 Å². The molecular weight excluding hydrogens is 150 g/mol. The van der Waals surface area contributed by atoms with E-state index in [1.54, 1.807) is 4.31 Å². The molecule has 2 aliphatic carbocycles. The van der Waals surface area contributed by atoms with Crippen molar-refractivity contribution < 1.29 is 8.76 Å². The Morgan fingerprint density at radius 2 is 1.60 bits per heavy atom. The fourth-order valence-corrected chi connectivity index (χ4v) is 2.11. The SMILES string of the molecule is O=S([O-])N(C1CC1)C1CC1. The summed E-state index contributed by atoms with van der Waals surface area (Å²) in [7, 11) is 0. The van der Waals surface area contributed by atoms with E-state index in [2.05, 4.69) is 0 Å². The zero-order valence-electron chi connectivity index (χ0n) is 5.66. The van der Waals surface area contributed by atoms with Crippen LogP contribution in [0.15, 0.2) is 0 Å². The van der Waals surface area contributed by atoms with Gasteiger partial charge in [-0.3, -0.25) is 4.21 Å². The quantitative estimate of drug-likeness (QED) is 0.561. The molecule has 0 spiro atoms. The van der Waals surface area contributed by atoms with Crippen LogP contribution in [0.5, 0.6) is 0 Å². The Balaban J connectivity index is 1.98. The minimum atomic E-state index is -1.96. The first-order valence-corrected chi connectivity index (χ1v) is 4.70. The maximum Gasteiger partial charge on any atom is 0.0219 e. The van der Waals surface area contributed by atoms with Gasteiger partial charge in [0.25, 0.3) is 0 Å². The van der Waals surface area contributed by atoms with Gasteiger partial charge in [0, 0.05) is 23.4 Å². The Morgan fingerprint density at radius 3 is 1.80 bits per heavy atom. The molecule has 0 aromatic rings. The molecule has 2 fully saturated rings. The highest BCUT2D eigenvalue weighted by atomic mass is 32.2. The minimum Gasteiger partial charge on any atom is -0.760 e. The molecule has 0 saturated heterocycles. The first kappa shape index (κ1) is 6.76. The van der Waals surface area contributed by atoms with Crippen molar-refractivity contribution in [1.82, 2.24) is 4.31 Å². The van der Waals surface area contributed by atoms with Gasteiger partial charge in [0.2, 0.25) is 0 Å². The molecule has 0 aromatic heterocycles. The third-order valence-corrected chi connectivity index (χ3v) is 2.93. The van der Waals surface area contributed by atoms with Crippen LogP contribution >= 0.6 is 0 Å². The van der Waals surface area contributed by atoms with Crippen molar-refractivity contribution in [3.8, 4) is 0 Å². The highest BCUT2D eigenvalue weighted by Gasteiger charge is 2.39. The lowest BCUT2D eigenvalue weighted by molar-refractivity contribution is 0.374. The number of hydrogen-bond acceptors (Lipinski definition) is 2. The summed E-state index contributed by atoms with van der Waals surface area (Å²) in [6, 6.07) is 0.733. The fraction of sp³-hybridized carbons (Fsp3) is 1.00. The van der Waals surface area contributed by atoms with Gasteiger partial charge in [-0.2, -0.15) is 0 Å². The second-order valence-electron chi connectivity index (χ2n) is 3.04. The second-order valence-corrected chi connectivity index (χ2v) is 3.90. The molecule has 1 unspecified atom stereocenters. The molecule has 0 aliphatic heterocycles. The number of hydrogen-bond donors (Lipinski definition) is 0. The fourth-order valence-electron chi connectivity index (χ4n) is 1.20. The van der Waals surface area contributed by atoms with Crippen LogP contribution in [0.3, 0.4) is 0 Å². The average molecular weight is 160 g/mol. The van der Waals surface area contributed by atoms with Crippen LogP contribution in [0, 0.1) is 0 Å². The third kappa shape index (κ3) is 1.24. The summed E-state index contributed by atoms with van der Waals surface area (Å²) in [5.74, 6) is 0. The summed E-state index contributed by atoms with van der Waals surface area (Å²) in [6.45, 7) is 0. The molecule has 3 nitrogen and oxygen atoms in total. The molecule has 4 heteroatoms. The largest absolute Gasteiger partial charge is 0.760 e. The maximum absolute atomic E-state index is 10.6. The second kappa shape index (κ2) is 2.29. The van der Waals surface area contributed by atoms with Crippen LogP contribution < -0.4 is 0 Å². The van der Waals surface area contributed by atoms with Crippen LogP contribution in [0.2, 0.25) is 0 Å². The van der Waals surface area contributed by atoms with Gasteiger partial charge < -0.3 is 4.55 Å². The van der Waals surface area contributed by atoms with E-state index in [1.165, 1.54) is 0 Å². The molecule has 2 aliphatic rings. The van der Waals surface area contributed by atoms with Crippen LogP contribution in [-0.2, 0) is 11.3 Å². The molecule has 0 bridgehead atoms. The van der Waals surface area contributed by atoms with E-state index < -0.39 is 11.3 Å². The summed E-state index contributed by atoms with van der Waals surface area (Å²) in [4.78, 5) is 0. The molecule has 0 heterocycles. The highest BCUT2D eigenvalue weighted by Crippen LogP contribution is 2.37. The Hall–Kier alpha value is 0.0700. The van der Waals surface area contributed by atoms with Crippen molar-refractivity contribution in [1.29, 1.82) is 0 Å². The number of rotatable bonds is 3. The molecule has 58 valence electrons. The molecule has 1 atom stereocenters.